The van der Waals surface area contributed by atoms with E-state index in [9.17, 15) is 9.59 Å². The van der Waals surface area contributed by atoms with E-state index in [4.69, 9.17) is 0 Å². The minimum absolute atomic E-state index is 0.245. The normalized spacial score (nSPS) is 16.9. The molecule has 56 valence electrons. The monoisotopic (exact) mass is 145 g/mol. The highest BCUT2D eigenvalue weighted by Gasteiger charge is 2.26. The van der Waals surface area contributed by atoms with Gasteiger partial charge in [0.25, 0.3) is 0 Å². The largest absolute Gasteiger partial charge is 0.451 e. The lowest BCUT2D eigenvalue weighted by molar-refractivity contribution is -0.163. The van der Waals surface area contributed by atoms with Crippen molar-refractivity contribution in [2.24, 2.45) is 0 Å². The fourth-order valence-electron chi connectivity index (χ4n) is 0.637. The molecule has 0 atom stereocenters. The second-order valence-corrected chi connectivity index (χ2v) is 1.79. The summed E-state index contributed by atoms with van der Waals surface area (Å²) in [7, 11) is 1.23. The number of hydrogen-bond donors (Lipinski definition) is 0. The number of carbonyl (C=O) groups excluding carboxylic acids is 2. The van der Waals surface area contributed by atoms with Crippen molar-refractivity contribution in [3.8, 4) is 0 Å². The number of nitrogens with zero attached hydrogens (tertiary/aromatic N) is 1. The first-order chi connectivity index (χ1) is 4.74. The van der Waals surface area contributed by atoms with E-state index < -0.39 is 12.1 Å². The number of methoxy groups -OCH3 is 1. The maximum Gasteiger partial charge on any atom is 0.443 e. The van der Waals surface area contributed by atoms with Gasteiger partial charge in [-0.25, -0.2) is 9.59 Å². The highest BCUT2D eigenvalue weighted by atomic mass is 16.8. The third-order valence-electron chi connectivity index (χ3n) is 1.11. The number of amides is 1. The van der Waals surface area contributed by atoms with Gasteiger partial charge in [-0.2, -0.15) is 0 Å². The smallest absolute Gasteiger partial charge is 0.443 e. The lowest BCUT2D eigenvalue weighted by Gasteiger charge is -2.09. The van der Waals surface area contributed by atoms with Crippen molar-refractivity contribution in [1.29, 1.82) is 0 Å². The molecule has 1 aliphatic heterocycles. The molecule has 1 aliphatic rings. The van der Waals surface area contributed by atoms with Gasteiger partial charge in [-0.15, -0.1) is 5.06 Å². The Balaban J connectivity index is 2.44. The van der Waals surface area contributed by atoms with Crippen LogP contribution in [-0.2, 0) is 14.4 Å². The van der Waals surface area contributed by atoms with Gasteiger partial charge in [0, 0.05) is 0 Å². The summed E-state index contributed by atoms with van der Waals surface area (Å²) < 4.78 is 4.29. The van der Waals surface area contributed by atoms with Crippen molar-refractivity contribution in [2.75, 3.05) is 13.7 Å². The van der Waals surface area contributed by atoms with Crippen LogP contribution < -0.4 is 0 Å². The molecule has 0 N–H and O–H groups in total. The zero-order valence-corrected chi connectivity index (χ0v) is 5.49. The van der Waals surface area contributed by atoms with E-state index in [2.05, 4.69) is 9.57 Å². The Kier molecular flexibility index (Phi) is 1.75. The van der Waals surface area contributed by atoms with E-state index in [0.29, 0.717) is 0 Å². The van der Waals surface area contributed by atoms with Crippen LogP contribution in [0.2, 0.25) is 0 Å². The molecule has 0 spiro atoms. The molecular formula is C5H7NO4. The standard InChI is InChI=1S/C5H7NO4/c1-9-5(8)6-3-2-4(7)10-6/h2-3H2,1H3. The first-order valence-electron chi connectivity index (χ1n) is 2.80. The number of rotatable bonds is 0. The molecule has 1 fully saturated rings. The van der Waals surface area contributed by atoms with E-state index in [1.165, 1.54) is 7.11 Å². The maximum atomic E-state index is 10.6. The summed E-state index contributed by atoms with van der Waals surface area (Å²) in [6, 6.07) is 0. The van der Waals surface area contributed by atoms with Gasteiger partial charge in [0.05, 0.1) is 20.1 Å². The Hall–Kier alpha value is -1.26. The molecule has 0 bridgehead atoms. The van der Waals surface area contributed by atoms with E-state index >= 15 is 0 Å². The second-order valence-electron chi connectivity index (χ2n) is 1.79. The van der Waals surface area contributed by atoms with Gasteiger partial charge in [-0.05, 0) is 0 Å². The fraction of sp³-hybridized carbons (Fsp3) is 0.600. The molecule has 1 heterocycles. The van der Waals surface area contributed by atoms with Crippen LogP contribution in [-0.4, -0.2) is 30.8 Å². The maximum absolute atomic E-state index is 10.6. The lowest BCUT2D eigenvalue weighted by Crippen LogP contribution is -2.26. The fourth-order valence-corrected chi connectivity index (χ4v) is 0.637. The minimum Gasteiger partial charge on any atom is -0.451 e. The molecule has 0 aromatic heterocycles. The van der Waals surface area contributed by atoms with Crippen molar-refractivity contribution in [3.05, 3.63) is 0 Å². The molecule has 0 aliphatic carbocycles. The van der Waals surface area contributed by atoms with Crippen molar-refractivity contribution in [2.45, 2.75) is 6.42 Å². The predicted molar refractivity (Wildman–Crippen MR) is 29.8 cm³/mol. The third kappa shape index (κ3) is 1.18. The topological polar surface area (TPSA) is 55.8 Å². The Morgan fingerprint density at radius 2 is 2.50 bits per heavy atom. The average molecular weight is 145 g/mol. The van der Waals surface area contributed by atoms with E-state index in [-0.39, 0.29) is 13.0 Å². The van der Waals surface area contributed by atoms with Gasteiger partial charge in [0.15, 0.2) is 0 Å². The first kappa shape index (κ1) is 6.85. The molecule has 0 saturated carbocycles. The molecule has 1 amide bonds. The molecule has 5 heteroatoms. The summed E-state index contributed by atoms with van der Waals surface area (Å²) in [5.74, 6) is -0.398. The van der Waals surface area contributed by atoms with E-state index in [0.717, 1.165) is 5.06 Å². The number of hydrogen-bond acceptors (Lipinski definition) is 4. The van der Waals surface area contributed by atoms with Crippen LogP contribution in [0.15, 0.2) is 0 Å². The quantitative estimate of drug-likeness (QED) is 0.478. The number of carbonyl (C=O) groups is 2. The molecule has 0 radical (unpaired) electrons. The van der Waals surface area contributed by atoms with Crippen LogP contribution in [0, 0.1) is 0 Å². The molecule has 5 nitrogen and oxygen atoms in total. The SMILES string of the molecule is COC(=O)N1CCC(=O)O1. The van der Waals surface area contributed by atoms with Gasteiger partial charge in [0.1, 0.15) is 0 Å². The molecule has 0 aromatic carbocycles. The Morgan fingerprint density at radius 1 is 1.80 bits per heavy atom. The van der Waals surface area contributed by atoms with Crippen LogP contribution in [0.3, 0.4) is 0 Å². The molecule has 1 saturated heterocycles. The Labute approximate surface area is 57.5 Å². The van der Waals surface area contributed by atoms with Crippen LogP contribution in [0.1, 0.15) is 6.42 Å². The zero-order chi connectivity index (χ0) is 7.56. The van der Waals surface area contributed by atoms with Crippen LogP contribution in [0.4, 0.5) is 4.79 Å². The lowest BCUT2D eigenvalue weighted by atomic mass is 10.5. The summed E-state index contributed by atoms with van der Waals surface area (Å²) in [5.41, 5.74) is 0. The third-order valence-corrected chi connectivity index (χ3v) is 1.11. The molecule has 0 unspecified atom stereocenters. The van der Waals surface area contributed by atoms with Crippen LogP contribution in [0.25, 0.3) is 0 Å². The van der Waals surface area contributed by atoms with Crippen molar-refractivity contribution >= 4 is 12.1 Å². The molecule has 10 heavy (non-hydrogen) atoms. The number of ether oxygens (including phenoxy) is 1. The average Bonchev–Trinajstić information content (AvgIpc) is 2.34. The van der Waals surface area contributed by atoms with Crippen molar-refractivity contribution in [1.82, 2.24) is 5.06 Å². The van der Waals surface area contributed by atoms with Gasteiger partial charge in [-0.1, -0.05) is 0 Å². The van der Waals surface area contributed by atoms with E-state index in [1.54, 1.807) is 0 Å². The van der Waals surface area contributed by atoms with Gasteiger partial charge in [-0.3, -0.25) is 0 Å². The first-order valence-corrected chi connectivity index (χ1v) is 2.80. The highest BCUT2D eigenvalue weighted by molar-refractivity contribution is 5.76. The van der Waals surface area contributed by atoms with Crippen molar-refractivity contribution in [3.63, 3.8) is 0 Å². The summed E-state index contributed by atoms with van der Waals surface area (Å²) in [5, 5.41) is 0.891. The van der Waals surface area contributed by atoms with Crippen LogP contribution in [0.5, 0.6) is 0 Å². The molecular weight excluding hydrogens is 138 g/mol. The van der Waals surface area contributed by atoms with Crippen molar-refractivity contribution < 1.29 is 19.2 Å². The molecule has 1 rings (SSSR count). The Morgan fingerprint density at radius 3 is 2.90 bits per heavy atom. The second kappa shape index (κ2) is 2.55. The van der Waals surface area contributed by atoms with Gasteiger partial charge >= 0.3 is 12.1 Å². The number of hydroxylamine groups is 2. The highest BCUT2D eigenvalue weighted by Crippen LogP contribution is 2.06. The summed E-state index contributed by atoms with van der Waals surface area (Å²) in [6.45, 7) is 0.283. The summed E-state index contributed by atoms with van der Waals surface area (Å²) >= 11 is 0. The summed E-state index contributed by atoms with van der Waals surface area (Å²) in [6.07, 6.45) is -0.388. The molecule has 0 aromatic rings. The minimum atomic E-state index is -0.633. The van der Waals surface area contributed by atoms with E-state index in [1.807, 2.05) is 0 Å². The van der Waals surface area contributed by atoms with Crippen LogP contribution >= 0.6 is 0 Å². The Bertz CT molecular complexity index is 167. The van der Waals surface area contributed by atoms with Gasteiger partial charge in [0.2, 0.25) is 0 Å². The predicted octanol–water partition coefficient (Wildman–Crippen LogP) is -0.0833. The summed E-state index contributed by atoms with van der Waals surface area (Å²) in [4.78, 5) is 25.4. The zero-order valence-electron chi connectivity index (χ0n) is 5.49. The van der Waals surface area contributed by atoms with Gasteiger partial charge < -0.3 is 9.57 Å².